The van der Waals surface area contributed by atoms with Crippen molar-refractivity contribution < 1.29 is 43.9 Å². The van der Waals surface area contributed by atoms with Gasteiger partial charge in [0.2, 0.25) is 0 Å². The average Bonchev–Trinajstić information content (AvgIpc) is 2.16. The summed E-state index contributed by atoms with van der Waals surface area (Å²) in [6, 6.07) is 7.92. The van der Waals surface area contributed by atoms with Crippen LogP contribution in [0.15, 0.2) is 39.5 Å². The van der Waals surface area contributed by atoms with Gasteiger partial charge in [0.1, 0.15) is 5.58 Å². The van der Waals surface area contributed by atoms with Crippen molar-refractivity contribution in [1.82, 2.24) is 0 Å². The molecule has 1 heterocycles. The number of hydrogen-bond donors (Lipinski definition) is 0. The van der Waals surface area contributed by atoms with Crippen LogP contribution >= 0.6 is 0 Å². The summed E-state index contributed by atoms with van der Waals surface area (Å²) < 4.78 is 4.78. The first-order valence-corrected chi connectivity index (χ1v) is 3.93. The topological polar surface area (TPSA) is 70.3 Å². The molecule has 0 aliphatic carbocycles. The zero-order chi connectivity index (χ0) is 10.1. The van der Waals surface area contributed by atoms with E-state index in [1.165, 1.54) is 6.07 Å². The van der Waals surface area contributed by atoms with E-state index in [-0.39, 0.29) is 29.6 Å². The Morgan fingerprint density at radius 1 is 1.27 bits per heavy atom. The molecule has 1 aromatic heterocycles. The molecule has 0 aliphatic rings. The summed E-state index contributed by atoms with van der Waals surface area (Å²) >= 11 is 0. The number of carbonyl (C=O) groups excluding carboxylic acids is 1. The number of fused-ring (bicyclic) bond motifs is 1. The van der Waals surface area contributed by atoms with E-state index in [0.29, 0.717) is 11.0 Å². The second-order valence-corrected chi connectivity index (χ2v) is 2.77. The molecule has 1 aromatic carbocycles. The van der Waals surface area contributed by atoms with Gasteiger partial charge in [-0.2, -0.15) is 0 Å². The van der Waals surface area contributed by atoms with Crippen LogP contribution in [-0.2, 0) is 0 Å². The Kier molecular flexibility index (Phi) is 3.68. The summed E-state index contributed by atoms with van der Waals surface area (Å²) in [5, 5.41) is 11.1. The van der Waals surface area contributed by atoms with Crippen molar-refractivity contribution in [3.8, 4) is 0 Å². The molecule has 70 valence electrons. The summed E-state index contributed by atoms with van der Waals surface area (Å²) in [6.45, 7) is 0. The number of hydrogen-bond acceptors (Lipinski definition) is 4. The number of para-hydroxylation sites is 1. The Bertz CT molecular complexity index is 559. The maximum atomic E-state index is 11.1. The first kappa shape index (κ1) is 12.0. The standard InChI is InChI=1S/C10H6O4.Na/c11-9(12)7-5-6-3-1-2-4-8(6)14-10(7)13;/h1-5H,(H,11,12);/q;+1/p-1. The van der Waals surface area contributed by atoms with Gasteiger partial charge in [-0.15, -0.1) is 0 Å². The summed E-state index contributed by atoms with van der Waals surface area (Å²) in [4.78, 5) is 21.6. The van der Waals surface area contributed by atoms with Gasteiger partial charge >= 0.3 is 35.2 Å². The van der Waals surface area contributed by atoms with E-state index in [0.717, 1.165) is 0 Å². The Labute approximate surface area is 107 Å². The molecule has 0 radical (unpaired) electrons. The molecule has 15 heavy (non-hydrogen) atoms. The van der Waals surface area contributed by atoms with E-state index >= 15 is 0 Å². The van der Waals surface area contributed by atoms with E-state index in [4.69, 9.17) is 4.42 Å². The molecule has 2 rings (SSSR count). The minimum Gasteiger partial charge on any atom is -0.545 e. The third-order valence-corrected chi connectivity index (χ3v) is 1.86. The Balaban J connectivity index is 0.00000112. The van der Waals surface area contributed by atoms with Gasteiger partial charge in [-0.1, -0.05) is 18.2 Å². The first-order valence-electron chi connectivity index (χ1n) is 3.93. The number of benzene rings is 1. The van der Waals surface area contributed by atoms with E-state index in [1.54, 1.807) is 24.3 Å². The smallest absolute Gasteiger partial charge is 0.545 e. The van der Waals surface area contributed by atoms with Crippen molar-refractivity contribution in [2.45, 2.75) is 0 Å². The monoisotopic (exact) mass is 212 g/mol. The third kappa shape index (κ3) is 2.28. The Morgan fingerprint density at radius 3 is 2.60 bits per heavy atom. The molecule has 0 N–H and O–H groups in total. The van der Waals surface area contributed by atoms with Crippen molar-refractivity contribution in [2.24, 2.45) is 0 Å². The van der Waals surface area contributed by atoms with E-state index < -0.39 is 17.2 Å². The molecule has 5 heteroatoms. The zero-order valence-corrected chi connectivity index (χ0v) is 10.0. The molecule has 2 aromatic rings. The number of carboxylic acid groups (broad SMARTS) is 1. The van der Waals surface area contributed by atoms with Crippen molar-refractivity contribution in [1.29, 1.82) is 0 Å². The van der Waals surface area contributed by atoms with Crippen LogP contribution in [0.4, 0.5) is 0 Å². The molecule has 0 amide bonds. The summed E-state index contributed by atoms with van der Waals surface area (Å²) in [5.74, 6) is -1.52. The van der Waals surface area contributed by atoms with Gasteiger partial charge in [0, 0.05) is 5.39 Å². The number of rotatable bonds is 1. The van der Waals surface area contributed by atoms with Crippen LogP contribution in [0.2, 0.25) is 0 Å². The minimum atomic E-state index is -1.52. The fourth-order valence-corrected chi connectivity index (χ4v) is 1.20. The molecule has 0 fully saturated rings. The van der Waals surface area contributed by atoms with Crippen molar-refractivity contribution in [2.75, 3.05) is 0 Å². The Hall–Kier alpha value is -1.10. The molecule has 0 saturated heterocycles. The normalized spacial score (nSPS) is 9.60. The number of aromatic carboxylic acids is 1. The molecule has 0 aliphatic heterocycles. The fraction of sp³-hybridized carbons (Fsp3) is 0. The summed E-state index contributed by atoms with van der Waals surface area (Å²) in [6.07, 6.45) is 0. The molecule has 0 spiro atoms. The molecule has 0 bridgehead atoms. The predicted molar refractivity (Wildman–Crippen MR) is 46.8 cm³/mol. The van der Waals surface area contributed by atoms with Crippen LogP contribution in [0, 0.1) is 0 Å². The van der Waals surface area contributed by atoms with E-state index in [1.807, 2.05) is 0 Å². The van der Waals surface area contributed by atoms with Crippen molar-refractivity contribution >= 4 is 16.9 Å². The molecule has 0 atom stereocenters. The fourth-order valence-electron chi connectivity index (χ4n) is 1.20. The van der Waals surface area contributed by atoms with Crippen LogP contribution in [-0.4, -0.2) is 5.97 Å². The van der Waals surface area contributed by atoms with E-state index in [2.05, 4.69) is 0 Å². The largest absolute Gasteiger partial charge is 1.00 e. The Morgan fingerprint density at radius 2 is 1.93 bits per heavy atom. The molecular weight excluding hydrogens is 207 g/mol. The van der Waals surface area contributed by atoms with Crippen LogP contribution < -0.4 is 40.3 Å². The predicted octanol–water partition coefficient (Wildman–Crippen LogP) is -2.84. The number of carbonyl (C=O) groups is 1. The summed E-state index contributed by atoms with van der Waals surface area (Å²) in [5.41, 5.74) is -0.977. The van der Waals surface area contributed by atoms with Gasteiger partial charge in [-0.05, 0) is 12.1 Å². The molecule has 4 nitrogen and oxygen atoms in total. The van der Waals surface area contributed by atoms with Gasteiger partial charge in [0.15, 0.2) is 0 Å². The molecule has 0 saturated carbocycles. The summed E-state index contributed by atoms with van der Waals surface area (Å²) in [7, 11) is 0. The van der Waals surface area contributed by atoms with Crippen LogP contribution in [0.25, 0.3) is 11.0 Å². The van der Waals surface area contributed by atoms with Crippen LogP contribution in [0.5, 0.6) is 0 Å². The van der Waals surface area contributed by atoms with Gasteiger partial charge in [-0.3, -0.25) is 0 Å². The van der Waals surface area contributed by atoms with Gasteiger partial charge < -0.3 is 14.3 Å². The van der Waals surface area contributed by atoms with Crippen LogP contribution in [0.1, 0.15) is 10.4 Å². The first-order chi connectivity index (χ1) is 6.68. The molecular formula is C10H5NaO4. The average molecular weight is 212 g/mol. The second kappa shape index (κ2) is 4.61. The van der Waals surface area contributed by atoms with Crippen molar-refractivity contribution in [3.05, 3.63) is 46.3 Å². The maximum Gasteiger partial charge on any atom is 1.00 e. The third-order valence-electron chi connectivity index (χ3n) is 1.86. The SMILES string of the molecule is O=C([O-])c1cc2ccccc2oc1=O.[Na+]. The van der Waals surface area contributed by atoms with Crippen LogP contribution in [0.3, 0.4) is 0 Å². The zero-order valence-electron chi connectivity index (χ0n) is 8.02. The maximum absolute atomic E-state index is 11.1. The number of carboxylic acids is 1. The van der Waals surface area contributed by atoms with Crippen molar-refractivity contribution in [3.63, 3.8) is 0 Å². The quantitative estimate of drug-likeness (QED) is 0.377. The van der Waals surface area contributed by atoms with Gasteiger partial charge in [0.05, 0.1) is 11.5 Å². The second-order valence-electron chi connectivity index (χ2n) is 2.77. The van der Waals surface area contributed by atoms with E-state index in [9.17, 15) is 14.7 Å². The minimum absolute atomic E-state index is 0. The van der Waals surface area contributed by atoms with Gasteiger partial charge in [-0.25, -0.2) is 4.79 Å². The molecule has 0 unspecified atom stereocenters. The van der Waals surface area contributed by atoms with Gasteiger partial charge in [0.25, 0.3) is 0 Å².